The van der Waals surface area contributed by atoms with Gasteiger partial charge in [-0.2, -0.15) is 0 Å². The molecule has 14 atom stereocenters. The van der Waals surface area contributed by atoms with E-state index in [1.165, 1.54) is 21.6 Å². The highest BCUT2D eigenvalue weighted by Gasteiger charge is 2.45. The van der Waals surface area contributed by atoms with Gasteiger partial charge in [-0.3, -0.25) is 101 Å². The van der Waals surface area contributed by atoms with Gasteiger partial charge >= 0.3 is 11.9 Å². The van der Waals surface area contributed by atoms with E-state index in [0.717, 1.165) is 0 Å². The van der Waals surface area contributed by atoms with Crippen LogP contribution in [0, 0.1) is 23.7 Å². The fraction of sp³-hybridized carbons (Fsp3) is 0.654. The SMILES string of the molecule is CC[C@H](C)[C@@H]1NC(=O)[C@H](CCCN=C(N)N)NC(=O)[C@H](CC(=O)O)NC(=O)CNC(=O)[C@@H]2CCCN2C(=O)[C@@H]2CCCN2C(=O)CNC(=O)CC[C@@H](C(=O)N[C@@H](Cc2ccccc2)C(=O)NCC(=O)N[C@H](C(=O)N[C@@H](CC(C)C)C(=O)N[C@@H](C)C(=O)N[C@@H](CCC(N)=O)C(=O)N[C@@H](CC(C)C)C(=O)N2CCC[C@H]2C(=O)NCC(=O)O)C(C)C)NC1=O. The number of nitrogens with one attached hydrogen (secondary N) is 14. The first-order valence-electron chi connectivity index (χ1n) is 40.9. The molecule has 4 aliphatic heterocycles. The quantitative estimate of drug-likeness (QED) is 0.0169. The number of nitrogens with zero attached hydrogens (tertiary/aromatic N) is 4. The van der Waals surface area contributed by atoms with E-state index >= 15 is 4.79 Å². The molecule has 121 heavy (non-hydrogen) atoms. The van der Waals surface area contributed by atoms with Crippen LogP contribution in [0.5, 0.6) is 0 Å². The van der Waals surface area contributed by atoms with E-state index in [4.69, 9.17) is 22.3 Å². The van der Waals surface area contributed by atoms with Crippen molar-refractivity contribution in [1.29, 1.82) is 0 Å². The first-order chi connectivity index (χ1) is 57.1. The van der Waals surface area contributed by atoms with Crippen molar-refractivity contribution >= 4 is 124 Å². The molecule has 670 valence electrons. The second kappa shape index (κ2) is 48.8. The van der Waals surface area contributed by atoms with Gasteiger partial charge in [-0.25, -0.2) is 0 Å². The van der Waals surface area contributed by atoms with E-state index in [-0.39, 0.29) is 108 Å². The van der Waals surface area contributed by atoms with Gasteiger partial charge in [0, 0.05) is 45.4 Å². The molecule has 0 saturated carbocycles. The van der Waals surface area contributed by atoms with Gasteiger partial charge < -0.3 is 117 Å². The lowest BCUT2D eigenvalue weighted by atomic mass is 9.96. The number of likely N-dealkylation sites (tertiary alicyclic amines) is 1. The highest BCUT2D eigenvalue weighted by molar-refractivity contribution is 6.02. The van der Waals surface area contributed by atoms with Gasteiger partial charge in [0.1, 0.15) is 85.1 Å². The molecule has 4 fully saturated rings. The van der Waals surface area contributed by atoms with Gasteiger partial charge in [-0.05, 0) is 113 Å². The Bertz CT molecular complexity index is 3930. The van der Waals surface area contributed by atoms with Crippen molar-refractivity contribution in [3.8, 4) is 0 Å². The number of carboxylic acid groups (broad SMARTS) is 2. The molecule has 18 amide bonds. The maximum atomic E-state index is 15.0. The summed E-state index contributed by atoms with van der Waals surface area (Å²) in [6.45, 7) is 11.9. The van der Waals surface area contributed by atoms with Crippen molar-refractivity contribution in [2.45, 2.75) is 250 Å². The van der Waals surface area contributed by atoms with E-state index in [1.54, 1.807) is 85.7 Å². The monoisotopic (exact) mass is 1700 g/mol. The molecule has 4 saturated heterocycles. The van der Waals surface area contributed by atoms with Gasteiger partial charge in [-0.1, -0.05) is 92.1 Å². The number of nitrogens with two attached hydrogens (primary N) is 3. The maximum absolute atomic E-state index is 15.0. The number of amides is 18. The number of guanidine groups is 1. The third-order valence-electron chi connectivity index (χ3n) is 20.8. The molecule has 0 aromatic heterocycles. The summed E-state index contributed by atoms with van der Waals surface area (Å²) in [6.07, 6.45) is -1.62. The Balaban J connectivity index is 1.38. The molecular formula is C78H121N21O22. The summed E-state index contributed by atoms with van der Waals surface area (Å²) in [5.74, 6) is -21.2. The lowest BCUT2D eigenvalue weighted by Crippen LogP contribution is -2.61. The van der Waals surface area contributed by atoms with Crippen LogP contribution in [0.25, 0.3) is 0 Å². The number of fused-ring (bicyclic) bond motifs is 2. The van der Waals surface area contributed by atoms with Crippen molar-refractivity contribution < 1.29 is 106 Å². The molecule has 0 radical (unpaired) electrons. The van der Waals surface area contributed by atoms with E-state index in [2.05, 4.69) is 79.4 Å². The van der Waals surface area contributed by atoms with Gasteiger partial charge in [-0.15, -0.1) is 0 Å². The highest BCUT2D eigenvalue weighted by atomic mass is 16.4. The van der Waals surface area contributed by atoms with Crippen LogP contribution >= 0.6 is 0 Å². The first-order valence-corrected chi connectivity index (χ1v) is 40.9. The summed E-state index contributed by atoms with van der Waals surface area (Å²) in [4.78, 5) is 283. The zero-order chi connectivity index (χ0) is 90.1. The van der Waals surface area contributed by atoms with Crippen LogP contribution in [0.1, 0.15) is 171 Å². The van der Waals surface area contributed by atoms with Crippen molar-refractivity contribution in [2.24, 2.45) is 45.9 Å². The second-order valence-electron chi connectivity index (χ2n) is 31.9. The van der Waals surface area contributed by atoms with E-state index < -0.39 is 261 Å². The third-order valence-corrected chi connectivity index (χ3v) is 20.8. The molecule has 43 nitrogen and oxygen atoms in total. The van der Waals surface area contributed by atoms with Crippen molar-refractivity contribution in [3.63, 3.8) is 0 Å². The number of hydrogen-bond acceptors (Lipinski definition) is 21. The third kappa shape index (κ3) is 32.5. The van der Waals surface area contributed by atoms with Crippen LogP contribution in [-0.4, -0.2) is 280 Å². The van der Waals surface area contributed by atoms with E-state index in [0.29, 0.717) is 24.8 Å². The number of carbonyl (C=O) groups excluding carboxylic acids is 18. The number of primary amides is 1. The minimum Gasteiger partial charge on any atom is -0.481 e. The highest BCUT2D eigenvalue weighted by Crippen LogP contribution is 2.26. The molecule has 5 rings (SSSR count). The molecule has 0 spiro atoms. The standard InChI is InChI=1S/C78H121N21O22/c1-10-43(8)64-75(119)91-48(25-27-57(101)83-38-60(104)97-29-17-23-55(97)77(121)99-31-16-22-54(99)72(116)85-36-58(102)88-51(35-61(105)106)71(115)90-46(69(113)96-64)20-14-28-82-78(80)81)67(111)92-50(34-45-18-12-11-13-19-45)66(110)84-37-59(103)95-63(42(6)7)74(118)93-49(32-40(2)3)70(114)87-44(9)65(109)89-47(24-26-56(79)100)68(112)94-52(33-41(4)5)76(120)98-30-15-21-53(98)73(117)86-39-62(107)108/h11-13,18-19,40-44,46-55,63-64H,10,14-17,20-39H2,1-9H3,(H2,79,100)(H,83,101)(H,84,110)(H,85,116)(H,86,117)(H,87,114)(H,88,102)(H,89,109)(H,90,115)(H,91,119)(H,92,111)(H,93,118)(H,94,112)(H,95,103)(H,96,113)(H,105,106)(H,107,108)(H4,80,81,82)/t43-,44-,46-,47-,48-,49-,50-,51-,52-,53-,54-,55-,63-,64-/m0/s1. The Morgan fingerprint density at radius 1 is 0.562 bits per heavy atom. The summed E-state index contributed by atoms with van der Waals surface area (Å²) >= 11 is 0. The van der Waals surface area contributed by atoms with Crippen LogP contribution in [0.4, 0.5) is 0 Å². The zero-order valence-electron chi connectivity index (χ0n) is 70.0. The molecule has 4 heterocycles. The number of aliphatic imine (C=N–C) groups is 1. The summed E-state index contributed by atoms with van der Waals surface area (Å²) in [6, 6.07) is -10.5. The normalized spacial score (nSPS) is 21.5. The lowest BCUT2D eigenvalue weighted by molar-refractivity contribution is -0.146. The zero-order valence-corrected chi connectivity index (χ0v) is 70.0. The summed E-state index contributed by atoms with van der Waals surface area (Å²) in [5.41, 5.74) is 17.0. The number of hydrogen-bond donors (Lipinski definition) is 19. The molecular weight excluding hydrogens is 1580 g/mol. The molecule has 0 aliphatic carbocycles. The largest absolute Gasteiger partial charge is 0.481 e. The van der Waals surface area contributed by atoms with Crippen LogP contribution in [0.3, 0.4) is 0 Å². The maximum Gasteiger partial charge on any atom is 0.322 e. The Labute approximate surface area is 700 Å². The van der Waals surface area contributed by atoms with Gasteiger partial charge in [0.05, 0.1) is 26.1 Å². The molecule has 1 aromatic carbocycles. The van der Waals surface area contributed by atoms with Crippen LogP contribution in [0.15, 0.2) is 35.3 Å². The minimum absolute atomic E-state index is 0.0118. The number of aliphatic carboxylic acids is 2. The Hall–Kier alpha value is -12.1. The van der Waals surface area contributed by atoms with Crippen molar-refractivity contribution in [2.75, 3.05) is 52.4 Å². The topological polar surface area (TPSA) is 650 Å². The molecule has 0 bridgehead atoms. The second-order valence-corrected chi connectivity index (χ2v) is 31.9. The summed E-state index contributed by atoms with van der Waals surface area (Å²) in [7, 11) is 0. The summed E-state index contributed by atoms with van der Waals surface area (Å²) in [5, 5.41) is 54.1. The molecule has 43 heteroatoms. The average molecular weight is 1700 g/mol. The predicted octanol–water partition coefficient (Wildman–Crippen LogP) is -6.00. The molecule has 1 aromatic rings. The van der Waals surface area contributed by atoms with Crippen LogP contribution in [0.2, 0.25) is 0 Å². The number of rotatable bonds is 36. The minimum atomic E-state index is -1.87. The van der Waals surface area contributed by atoms with Crippen molar-refractivity contribution in [3.05, 3.63) is 35.9 Å². The average Bonchev–Trinajstić information content (AvgIpc) is 1.70. The Morgan fingerprint density at radius 3 is 1.81 bits per heavy atom. The fourth-order valence-corrected chi connectivity index (χ4v) is 14.2. The number of carbonyl (C=O) groups is 20. The van der Waals surface area contributed by atoms with Gasteiger partial charge in [0.2, 0.25) is 106 Å². The Kier molecular flexibility index (Phi) is 40.1. The first kappa shape index (κ1) is 99.5. The molecule has 4 aliphatic rings. The van der Waals surface area contributed by atoms with Gasteiger partial charge in [0.15, 0.2) is 5.96 Å². The van der Waals surface area contributed by atoms with Crippen molar-refractivity contribution in [1.82, 2.24) is 89.1 Å². The number of benzene rings is 1. The molecule has 22 N–H and O–H groups in total. The van der Waals surface area contributed by atoms with Crippen LogP contribution in [-0.2, 0) is 102 Å². The lowest BCUT2D eigenvalue weighted by Gasteiger charge is -2.31. The smallest absolute Gasteiger partial charge is 0.322 e. The fourth-order valence-electron chi connectivity index (χ4n) is 14.2. The predicted molar refractivity (Wildman–Crippen MR) is 432 cm³/mol. The number of carboxylic acids is 2. The Morgan fingerprint density at radius 2 is 1.18 bits per heavy atom. The van der Waals surface area contributed by atoms with Gasteiger partial charge in [0.25, 0.3) is 0 Å². The van der Waals surface area contributed by atoms with E-state index in [1.807, 2.05) is 0 Å². The van der Waals surface area contributed by atoms with E-state index in [9.17, 15) is 96.2 Å². The molecule has 0 unspecified atom stereocenters. The summed E-state index contributed by atoms with van der Waals surface area (Å²) < 4.78 is 0. The van der Waals surface area contributed by atoms with Crippen LogP contribution < -0.4 is 91.6 Å².